The molecule has 1 aliphatic heterocycles. The van der Waals surface area contributed by atoms with Crippen molar-refractivity contribution in [2.45, 2.75) is 0 Å². The molecule has 9 heteroatoms. The lowest BCUT2D eigenvalue weighted by Gasteiger charge is -2.35. The molecule has 28 heavy (non-hydrogen) atoms. The minimum atomic E-state index is -0.0832. The van der Waals surface area contributed by atoms with Gasteiger partial charge in [0.05, 0.1) is 5.39 Å². The van der Waals surface area contributed by atoms with Crippen LogP contribution in [0, 0.1) is 0 Å². The van der Waals surface area contributed by atoms with Gasteiger partial charge in [-0.1, -0.05) is 0 Å². The molecule has 0 radical (unpaired) electrons. The number of nitrogens with one attached hydrogen (secondary N) is 1. The van der Waals surface area contributed by atoms with Crippen molar-refractivity contribution in [2.75, 3.05) is 61.1 Å². The van der Waals surface area contributed by atoms with Gasteiger partial charge in [-0.2, -0.15) is 4.98 Å². The molecule has 8 nitrogen and oxygen atoms in total. The zero-order valence-corrected chi connectivity index (χ0v) is 16.7. The fourth-order valence-electron chi connectivity index (χ4n) is 3.26. The largest absolute Gasteiger partial charge is 0.378 e. The Morgan fingerprint density at radius 1 is 1.11 bits per heavy atom. The fourth-order valence-corrected chi connectivity index (χ4v) is 4.03. The van der Waals surface area contributed by atoms with Crippen LogP contribution < -0.4 is 20.9 Å². The molecule has 0 unspecified atom stereocenters. The molecular weight excluding hydrogens is 374 g/mol. The first-order valence-electron chi connectivity index (χ1n) is 9.10. The number of benzene rings is 1. The maximum absolute atomic E-state index is 12.6. The molecule has 2 amide bonds. The van der Waals surface area contributed by atoms with Crippen LogP contribution in [0.15, 0.2) is 35.7 Å². The highest BCUT2D eigenvalue weighted by atomic mass is 32.1. The summed E-state index contributed by atoms with van der Waals surface area (Å²) in [6.45, 7) is 2.65. The second-order valence-corrected chi connectivity index (χ2v) is 7.78. The molecule has 1 fully saturated rings. The van der Waals surface area contributed by atoms with E-state index in [-0.39, 0.29) is 12.0 Å². The van der Waals surface area contributed by atoms with Crippen LogP contribution in [0.1, 0.15) is 0 Å². The van der Waals surface area contributed by atoms with Crippen molar-refractivity contribution >= 4 is 50.7 Å². The lowest BCUT2D eigenvalue weighted by molar-refractivity contribution is 0.208. The third-order valence-corrected chi connectivity index (χ3v) is 5.63. The van der Waals surface area contributed by atoms with Gasteiger partial charge in [-0.15, -0.1) is 11.3 Å². The van der Waals surface area contributed by atoms with E-state index in [1.807, 2.05) is 59.6 Å². The van der Waals surface area contributed by atoms with Gasteiger partial charge >= 0.3 is 6.03 Å². The monoisotopic (exact) mass is 397 g/mol. The number of urea groups is 1. The Hall–Kier alpha value is -3.07. The highest BCUT2D eigenvalue weighted by Gasteiger charge is 2.24. The Balaban J connectivity index is 1.39. The molecule has 3 aromatic rings. The van der Waals surface area contributed by atoms with Crippen molar-refractivity contribution in [3.8, 4) is 0 Å². The summed E-state index contributed by atoms with van der Waals surface area (Å²) in [5, 5.41) is 5.98. The SMILES string of the molecule is CN(C)c1ccc(NC(=O)N2CCN(c3nc(N)nc4sccc34)CC2)cc1. The van der Waals surface area contributed by atoms with Crippen molar-refractivity contribution in [1.29, 1.82) is 0 Å². The second kappa shape index (κ2) is 7.51. The number of carbonyl (C=O) groups excluding carboxylic acids is 1. The number of fused-ring (bicyclic) bond motifs is 1. The van der Waals surface area contributed by atoms with Crippen LogP contribution in [-0.4, -0.2) is 61.2 Å². The quantitative estimate of drug-likeness (QED) is 0.706. The molecular formula is C19H23N7OS. The smallest absolute Gasteiger partial charge is 0.321 e. The highest BCUT2D eigenvalue weighted by Crippen LogP contribution is 2.29. The molecule has 0 bridgehead atoms. The first-order chi connectivity index (χ1) is 13.5. The maximum atomic E-state index is 12.6. The molecule has 0 aliphatic carbocycles. The Bertz CT molecular complexity index is 978. The number of nitrogens with zero attached hydrogens (tertiary/aromatic N) is 5. The van der Waals surface area contributed by atoms with E-state index in [9.17, 15) is 4.79 Å². The molecule has 1 aromatic carbocycles. The van der Waals surface area contributed by atoms with Gasteiger partial charge in [0, 0.05) is 51.6 Å². The summed E-state index contributed by atoms with van der Waals surface area (Å²) >= 11 is 1.55. The first kappa shape index (κ1) is 18.3. The van der Waals surface area contributed by atoms with Gasteiger partial charge in [-0.3, -0.25) is 0 Å². The molecule has 3 N–H and O–H groups in total. The maximum Gasteiger partial charge on any atom is 0.321 e. The summed E-state index contributed by atoms with van der Waals surface area (Å²) in [6, 6.07) is 9.74. The first-order valence-corrected chi connectivity index (χ1v) is 9.98. The summed E-state index contributed by atoms with van der Waals surface area (Å²) in [5.74, 6) is 1.13. The summed E-state index contributed by atoms with van der Waals surface area (Å²) in [6.07, 6.45) is 0. The Morgan fingerprint density at radius 2 is 1.82 bits per heavy atom. The minimum Gasteiger partial charge on any atom is -0.378 e. The predicted octanol–water partition coefficient (Wildman–Crippen LogP) is 2.69. The van der Waals surface area contributed by atoms with E-state index in [0.29, 0.717) is 26.2 Å². The van der Waals surface area contributed by atoms with Gasteiger partial charge in [-0.25, -0.2) is 9.78 Å². The summed E-state index contributed by atoms with van der Waals surface area (Å²) in [5.41, 5.74) is 7.75. The van der Waals surface area contributed by atoms with Gasteiger partial charge in [0.15, 0.2) is 0 Å². The molecule has 0 atom stereocenters. The number of aromatic nitrogens is 2. The second-order valence-electron chi connectivity index (χ2n) is 6.89. The number of hydrogen-bond acceptors (Lipinski definition) is 7. The van der Waals surface area contributed by atoms with Crippen LogP contribution in [0.3, 0.4) is 0 Å². The van der Waals surface area contributed by atoms with E-state index < -0.39 is 0 Å². The average molecular weight is 398 g/mol. The zero-order chi connectivity index (χ0) is 19.7. The molecule has 3 heterocycles. The number of nitrogens with two attached hydrogens (primary N) is 1. The Labute approximate surface area is 167 Å². The van der Waals surface area contributed by atoms with Gasteiger partial charge in [0.1, 0.15) is 10.6 Å². The topological polar surface area (TPSA) is 90.6 Å². The zero-order valence-electron chi connectivity index (χ0n) is 15.9. The number of rotatable bonds is 3. The Kier molecular flexibility index (Phi) is 4.91. The van der Waals surface area contributed by atoms with E-state index >= 15 is 0 Å². The number of anilines is 4. The number of carbonyl (C=O) groups is 1. The molecule has 146 valence electrons. The number of hydrogen-bond donors (Lipinski definition) is 2. The summed E-state index contributed by atoms with van der Waals surface area (Å²) in [7, 11) is 3.98. The normalized spacial score (nSPS) is 14.4. The molecule has 2 aromatic heterocycles. The van der Waals surface area contributed by atoms with Gasteiger partial charge < -0.3 is 25.8 Å². The van der Waals surface area contributed by atoms with Crippen molar-refractivity contribution in [2.24, 2.45) is 0 Å². The lowest BCUT2D eigenvalue weighted by Crippen LogP contribution is -2.50. The van der Waals surface area contributed by atoms with Crippen LogP contribution in [0.5, 0.6) is 0 Å². The minimum absolute atomic E-state index is 0.0832. The van der Waals surface area contributed by atoms with E-state index in [2.05, 4.69) is 20.2 Å². The van der Waals surface area contributed by atoms with E-state index in [4.69, 9.17) is 5.73 Å². The third-order valence-electron chi connectivity index (χ3n) is 4.82. The van der Waals surface area contributed by atoms with Gasteiger partial charge in [-0.05, 0) is 35.7 Å². The molecule has 0 spiro atoms. The van der Waals surface area contributed by atoms with Gasteiger partial charge in [0.25, 0.3) is 0 Å². The molecule has 1 aliphatic rings. The van der Waals surface area contributed by atoms with Crippen LogP contribution in [0.25, 0.3) is 10.2 Å². The van der Waals surface area contributed by atoms with Crippen molar-refractivity contribution in [3.05, 3.63) is 35.7 Å². The highest BCUT2D eigenvalue weighted by molar-refractivity contribution is 7.16. The van der Waals surface area contributed by atoms with Crippen molar-refractivity contribution < 1.29 is 4.79 Å². The van der Waals surface area contributed by atoms with Crippen molar-refractivity contribution in [1.82, 2.24) is 14.9 Å². The molecule has 0 saturated carbocycles. The fraction of sp³-hybridized carbons (Fsp3) is 0.316. The van der Waals surface area contributed by atoms with Crippen molar-refractivity contribution in [3.63, 3.8) is 0 Å². The van der Waals surface area contributed by atoms with Crippen LogP contribution in [0.2, 0.25) is 0 Å². The summed E-state index contributed by atoms with van der Waals surface area (Å²) < 4.78 is 0. The average Bonchev–Trinajstić information content (AvgIpc) is 3.16. The number of piperazine rings is 1. The van der Waals surface area contributed by atoms with Crippen LogP contribution >= 0.6 is 11.3 Å². The van der Waals surface area contributed by atoms with E-state index in [1.54, 1.807) is 11.3 Å². The van der Waals surface area contributed by atoms with Gasteiger partial charge in [0.2, 0.25) is 5.95 Å². The number of thiophene rings is 1. The Morgan fingerprint density at radius 3 is 2.50 bits per heavy atom. The summed E-state index contributed by atoms with van der Waals surface area (Å²) in [4.78, 5) is 28.2. The molecule has 4 rings (SSSR count). The van der Waals surface area contributed by atoms with E-state index in [1.165, 1.54) is 0 Å². The van der Waals surface area contributed by atoms with Crippen LogP contribution in [-0.2, 0) is 0 Å². The lowest BCUT2D eigenvalue weighted by atomic mass is 10.2. The predicted molar refractivity (Wildman–Crippen MR) is 115 cm³/mol. The third kappa shape index (κ3) is 3.65. The van der Waals surface area contributed by atoms with E-state index in [0.717, 1.165) is 27.4 Å². The standard InChI is InChI=1S/C19H23N7OS/c1-24(2)14-5-3-13(4-6-14)21-19(27)26-10-8-25(9-11-26)16-15-7-12-28-17(15)23-18(20)22-16/h3-7,12H,8-11H2,1-2H3,(H,21,27)(H2,20,22,23). The number of amides is 2. The molecule has 1 saturated heterocycles. The van der Waals surface area contributed by atoms with Crippen LogP contribution in [0.4, 0.5) is 27.9 Å². The number of nitrogen functional groups attached to an aromatic ring is 1.